The molecule has 3 aromatic carbocycles. The lowest BCUT2D eigenvalue weighted by molar-refractivity contribution is -0.0100. The third-order valence-corrected chi connectivity index (χ3v) is 10.0. The van der Waals surface area contributed by atoms with E-state index < -0.39 is 23.5 Å². The molecule has 0 spiro atoms. The first-order valence-electron chi connectivity index (χ1n) is 20.4. The highest BCUT2D eigenvalue weighted by Crippen LogP contribution is 2.30. The molecule has 2 N–H and O–H groups in total. The van der Waals surface area contributed by atoms with Crippen molar-refractivity contribution in [1.29, 1.82) is 0 Å². The molecule has 17 heteroatoms. The number of fused-ring (bicyclic) bond motifs is 2. The summed E-state index contributed by atoms with van der Waals surface area (Å²) in [5.74, 6) is 0.371. The largest absolute Gasteiger partial charge is 0.508 e. The molecule has 1 saturated heterocycles. The molecular weight excluding hydrogens is 791 g/mol. The van der Waals surface area contributed by atoms with Crippen molar-refractivity contribution in [2.75, 3.05) is 91.5 Å². The maximum Gasteiger partial charge on any atom is 0.407 e. The summed E-state index contributed by atoms with van der Waals surface area (Å²) in [4.78, 5) is 60.9. The van der Waals surface area contributed by atoms with Gasteiger partial charge in [-0.1, -0.05) is 6.07 Å². The van der Waals surface area contributed by atoms with Crippen molar-refractivity contribution in [3.8, 4) is 17.2 Å². The van der Waals surface area contributed by atoms with Gasteiger partial charge in [0.15, 0.2) is 11.5 Å². The molecule has 1 atom stereocenters. The van der Waals surface area contributed by atoms with Crippen LogP contribution in [0.5, 0.6) is 17.2 Å². The Bertz CT molecular complexity index is 2240. The Balaban J connectivity index is 1.11. The number of aromatic nitrogens is 2. The summed E-state index contributed by atoms with van der Waals surface area (Å²) in [7, 11) is 3.19. The van der Waals surface area contributed by atoms with Crippen LogP contribution in [0.4, 0.5) is 10.5 Å². The van der Waals surface area contributed by atoms with Crippen molar-refractivity contribution >= 4 is 34.5 Å². The number of phenolic OH excluding ortho intramolecular Hbond substituents is 1. The molecule has 17 nitrogen and oxygen atoms in total. The van der Waals surface area contributed by atoms with E-state index in [9.17, 15) is 24.3 Å². The number of nitrogens with zero attached hydrogens (tertiary/aromatic N) is 4. The Morgan fingerprint density at radius 3 is 2.43 bits per heavy atom. The molecule has 6 rings (SSSR count). The molecule has 4 aromatic rings. The zero-order valence-corrected chi connectivity index (χ0v) is 35.4. The highest BCUT2D eigenvalue weighted by atomic mass is 16.6. The predicted octanol–water partition coefficient (Wildman–Crippen LogP) is 3.98. The normalized spacial score (nSPS) is 15.3. The maximum absolute atomic E-state index is 14.3. The maximum atomic E-state index is 14.3. The fourth-order valence-electron chi connectivity index (χ4n) is 7.11. The molecule has 0 saturated carbocycles. The van der Waals surface area contributed by atoms with Crippen LogP contribution in [-0.2, 0) is 43.1 Å². The number of hydrogen-bond acceptors (Lipinski definition) is 14. The Kier molecular flexibility index (Phi) is 15.2. The summed E-state index contributed by atoms with van der Waals surface area (Å²) in [6, 6.07) is 15.3. The Hall–Kier alpha value is -5.75. The molecule has 2 aliphatic heterocycles. The molecule has 0 radical (unpaired) electrons. The number of aromatic hydroxyl groups is 1. The number of amides is 3. The minimum atomic E-state index is -0.566. The number of nitrogens with one attached hydrogen (secondary N) is 1. The summed E-state index contributed by atoms with van der Waals surface area (Å²) in [6.07, 6.45) is -0.0462. The van der Waals surface area contributed by atoms with Crippen LogP contribution in [0.2, 0.25) is 0 Å². The van der Waals surface area contributed by atoms with Gasteiger partial charge in [-0.15, -0.1) is 0 Å². The fraction of sp³-hybridized carbons (Fsp3) is 0.477. The number of anilines is 1. The van der Waals surface area contributed by atoms with Crippen molar-refractivity contribution < 1.29 is 52.6 Å². The number of aryl methyl sites for hydroxylation is 1. The van der Waals surface area contributed by atoms with Gasteiger partial charge in [0.1, 0.15) is 23.8 Å². The first-order chi connectivity index (χ1) is 29.3. The van der Waals surface area contributed by atoms with Crippen LogP contribution in [0.15, 0.2) is 59.4 Å². The summed E-state index contributed by atoms with van der Waals surface area (Å²) < 4.78 is 40.7. The molecule has 2 aliphatic rings. The number of hydrogen-bond donors (Lipinski definition) is 2. The number of morpholine rings is 1. The zero-order valence-electron chi connectivity index (χ0n) is 35.4. The Morgan fingerprint density at radius 1 is 0.885 bits per heavy atom. The highest BCUT2D eigenvalue weighted by Gasteiger charge is 2.36. The second-order valence-corrected chi connectivity index (χ2v) is 15.6. The highest BCUT2D eigenvalue weighted by molar-refractivity contribution is 6.21. The van der Waals surface area contributed by atoms with E-state index in [2.05, 4.69) is 10.2 Å². The second kappa shape index (κ2) is 20.7. The first kappa shape index (κ1) is 44.8. The van der Waals surface area contributed by atoms with E-state index in [4.69, 9.17) is 38.1 Å². The molecule has 61 heavy (non-hydrogen) atoms. The SMILES string of the molecule is COCC1CN(c2ccc3c(=O)n(CCc4ccc(OC)c(OCCOCCOCCNC(=O)OC(C)(C)C)c4)c(CCN4C(=O)c5ccc(O)cc5C4=O)nc3c2)CCO1. The van der Waals surface area contributed by atoms with Gasteiger partial charge in [-0.3, -0.25) is 23.9 Å². The van der Waals surface area contributed by atoms with Crippen LogP contribution >= 0.6 is 0 Å². The number of carbonyl (C=O) groups is 3. The zero-order chi connectivity index (χ0) is 43.5. The number of alkyl carbamates (subject to hydrolysis) is 1. The van der Waals surface area contributed by atoms with E-state index in [1.54, 1.807) is 51.7 Å². The van der Waals surface area contributed by atoms with Crippen LogP contribution in [-0.4, -0.2) is 136 Å². The van der Waals surface area contributed by atoms with Crippen molar-refractivity contribution in [1.82, 2.24) is 19.8 Å². The number of rotatable bonds is 20. The number of benzene rings is 3. The van der Waals surface area contributed by atoms with Crippen LogP contribution < -0.4 is 25.2 Å². The summed E-state index contributed by atoms with van der Waals surface area (Å²) in [5.41, 5.74) is 1.80. The third kappa shape index (κ3) is 11.8. The average molecular weight is 846 g/mol. The monoisotopic (exact) mass is 845 g/mol. The van der Waals surface area contributed by atoms with E-state index in [1.165, 1.54) is 18.2 Å². The fourth-order valence-corrected chi connectivity index (χ4v) is 7.11. The summed E-state index contributed by atoms with van der Waals surface area (Å²) >= 11 is 0. The molecule has 0 aliphatic carbocycles. The van der Waals surface area contributed by atoms with Gasteiger partial charge < -0.3 is 48.5 Å². The van der Waals surface area contributed by atoms with E-state index in [1.807, 2.05) is 24.3 Å². The molecule has 328 valence electrons. The molecule has 1 fully saturated rings. The predicted molar refractivity (Wildman–Crippen MR) is 225 cm³/mol. The van der Waals surface area contributed by atoms with Crippen molar-refractivity contribution in [2.24, 2.45) is 0 Å². The Labute approximate surface area is 354 Å². The van der Waals surface area contributed by atoms with E-state index in [0.29, 0.717) is 93.9 Å². The third-order valence-electron chi connectivity index (χ3n) is 10.0. The van der Waals surface area contributed by atoms with Gasteiger partial charge in [0.25, 0.3) is 17.4 Å². The standard InChI is InChI=1S/C44H55N5O12/c1-44(2,3)61-43(54)45-14-18-57-20-21-58-22-23-60-38-24-29(6-11-37(38)56-5)12-15-48-39(13-16-49-40(51)33-10-8-31(50)26-35(33)42(49)53)46-36-25-30(7-9-34(36)41(48)52)47-17-19-59-32(27-47)28-55-4/h6-11,24-26,32,50H,12-23,27-28H2,1-5H3,(H,45,54). The molecule has 3 amide bonds. The van der Waals surface area contributed by atoms with Crippen LogP contribution in [0.1, 0.15) is 52.9 Å². The second-order valence-electron chi connectivity index (χ2n) is 15.6. The molecule has 3 heterocycles. The first-order valence-corrected chi connectivity index (χ1v) is 20.4. The summed E-state index contributed by atoms with van der Waals surface area (Å²) in [6.45, 7) is 9.74. The number of phenols is 1. The van der Waals surface area contributed by atoms with Gasteiger partial charge in [-0.2, -0.15) is 0 Å². The number of methoxy groups -OCH3 is 2. The quantitative estimate of drug-likeness (QED) is 0.0960. The van der Waals surface area contributed by atoms with E-state index in [0.717, 1.165) is 16.2 Å². The molecule has 1 aromatic heterocycles. The van der Waals surface area contributed by atoms with Crippen LogP contribution in [0.3, 0.4) is 0 Å². The topological polar surface area (TPSA) is 189 Å². The smallest absolute Gasteiger partial charge is 0.407 e. The van der Waals surface area contributed by atoms with Crippen molar-refractivity contribution in [2.45, 2.75) is 51.9 Å². The van der Waals surface area contributed by atoms with Crippen molar-refractivity contribution in [3.63, 3.8) is 0 Å². The lowest BCUT2D eigenvalue weighted by Crippen LogP contribution is -2.44. The number of carbonyl (C=O) groups excluding carboxylic acids is 3. The lowest BCUT2D eigenvalue weighted by atomic mass is 10.1. The lowest BCUT2D eigenvalue weighted by Gasteiger charge is -2.34. The number of imide groups is 1. The van der Waals surface area contributed by atoms with Gasteiger partial charge in [-0.25, -0.2) is 9.78 Å². The van der Waals surface area contributed by atoms with Gasteiger partial charge in [-0.05, 0) is 81.3 Å². The summed E-state index contributed by atoms with van der Waals surface area (Å²) in [5, 5.41) is 13.0. The minimum Gasteiger partial charge on any atom is -0.508 e. The number of ether oxygens (including phenoxy) is 7. The van der Waals surface area contributed by atoms with Gasteiger partial charge in [0.2, 0.25) is 0 Å². The minimum absolute atomic E-state index is 0.0209. The van der Waals surface area contributed by atoms with Gasteiger partial charge in [0, 0.05) is 51.9 Å². The van der Waals surface area contributed by atoms with Gasteiger partial charge in [0.05, 0.1) is 74.9 Å². The van der Waals surface area contributed by atoms with Crippen molar-refractivity contribution in [3.05, 3.63) is 87.5 Å². The van der Waals surface area contributed by atoms with Crippen LogP contribution in [0, 0.1) is 0 Å². The van der Waals surface area contributed by atoms with E-state index >= 15 is 0 Å². The van der Waals surface area contributed by atoms with Gasteiger partial charge >= 0.3 is 6.09 Å². The van der Waals surface area contributed by atoms with Crippen LogP contribution in [0.25, 0.3) is 10.9 Å². The molecule has 0 bridgehead atoms. The molecular formula is C44H55N5O12. The van der Waals surface area contributed by atoms with E-state index in [-0.39, 0.29) is 54.7 Å². The average Bonchev–Trinajstić information content (AvgIpc) is 3.46. The Morgan fingerprint density at radius 2 is 1.66 bits per heavy atom. The molecule has 1 unspecified atom stereocenters.